The Morgan fingerprint density at radius 1 is 1.29 bits per heavy atom. The van der Waals surface area contributed by atoms with Gasteiger partial charge in [-0.2, -0.15) is 0 Å². The van der Waals surface area contributed by atoms with Crippen molar-refractivity contribution in [3.05, 3.63) is 54.4 Å². The van der Waals surface area contributed by atoms with Crippen molar-refractivity contribution in [1.82, 2.24) is 0 Å². The molecule has 0 unspecified atom stereocenters. The lowest BCUT2D eigenvalue weighted by Crippen LogP contribution is -2.02. The van der Waals surface area contributed by atoms with Gasteiger partial charge in [0.15, 0.2) is 0 Å². The lowest BCUT2D eigenvalue weighted by Gasteiger charge is -2.03. The molecular weight excluding hydrogens is 350 g/mol. The van der Waals surface area contributed by atoms with E-state index in [0.29, 0.717) is 13.7 Å². The molecule has 6 heteroatoms. The summed E-state index contributed by atoms with van der Waals surface area (Å²) in [5.74, 6) is -1.04. The molecule has 0 spiro atoms. The minimum atomic E-state index is -0.615. The first-order chi connectivity index (χ1) is 7.99. The van der Waals surface area contributed by atoms with E-state index in [2.05, 4.69) is 15.9 Å². The highest BCUT2D eigenvalue weighted by Crippen LogP contribution is 2.29. The molecule has 17 heavy (non-hydrogen) atoms. The lowest BCUT2D eigenvalue weighted by molar-refractivity contribution is 0.103. The van der Waals surface area contributed by atoms with Crippen LogP contribution in [0.25, 0.3) is 0 Å². The largest absolute Gasteiger partial charge is 0.288 e. The van der Waals surface area contributed by atoms with Gasteiger partial charge in [0.1, 0.15) is 5.82 Å². The van der Waals surface area contributed by atoms with E-state index in [0.717, 1.165) is 11.3 Å². The molecular formula is C11H4BrCl2FOS. The summed E-state index contributed by atoms with van der Waals surface area (Å²) in [5.41, 5.74) is -0.0586. The second kappa shape index (κ2) is 5.06. The summed E-state index contributed by atoms with van der Waals surface area (Å²) in [6, 6.07) is 5.63. The Labute approximate surface area is 119 Å². The maximum Gasteiger partial charge on any atom is 0.205 e. The normalized spacial score (nSPS) is 10.6. The first-order valence-electron chi connectivity index (χ1n) is 4.43. The fourth-order valence-electron chi connectivity index (χ4n) is 1.27. The minimum absolute atomic E-state index is 0.0586. The second-order valence-corrected chi connectivity index (χ2v) is 6.16. The molecule has 0 bridgehead atoms. The van der Waals surface area contributed by atoms with Crippen molar-refractivity contribution < 1.29 is 9.18 Å². The van der Waals surface area contributed by atoms with Crippen molar-refractivity contribution in [1.29, 1.82) is 0 Å². The Morgan fingerprint density at radius 3 is 2.59 bits per heavy atom. The van der Waals surface area contributed by atoms with E-state index in [1.165, 1.54) is 12.1 Å². The number of halogens is 4. The molecule has 2 aromatic rings. The predicted octanol–water partition coefficient (Wildman–Crippen LogP) is 5.19. The topological polar surface area (TPSA) is 17.1 Å². The SMILES string of the molecule is O=C(c1ccc(Cl)s1)c1cc(Cl)c(Br)cc1F. The molecule has 1 heterocycles. The third-order valence-corrected chi connectivity index (χ3v) is 4.48. The Kier molecular flexibility index (Phi) is 3.88. The molecule has 0 aliphatic heterocycles. The number of hydrogen-bond donors (Lipinski definition) is 0. The van der Waals surface area contributed by atoms with Crippen molar-refractivity contribution in [3.63, 3.8) is 0 Å². The fourth-order valence-corrected chi connectivity index (χ4v) is 2.74. The van der Waals surface area contributed by atoms with E-state index in [1.807, 2.05) is 0 Å². The van der Waals surface area contributed by atoms with Crippen LogP contribution in [-0.4, -0.2) is 5.78 Å². The van der Waals surface area contributed by atoms with Crippen molar-refractivity contribution in [2.45, 2.75) is 0 Å². The summed E-state index contributed by atoms with van der Waals surface area (Å²) in [4.78, 5) is 12.4. The summed E-state index contributed by atoms with van der Waals surface area (Å²) < 4.78 is 14.5. The van der Waals surface area contributed by atoms with Crippen LogP contribution in [0, 0.1) is 5.82 Å². The Morgan fingerprint density at radius 2 is 2.00 bits per heavy atom. The molecule has 0 atom stereocenters. The van der Waals surface area contributed by atoms with Crippen LogP contribution < -0.4 is 0 Å². The number of rotatable bonds is 2. The smallest absolute Gasteiger partial charge is 0.205 e. The van der Waals surface area contributed by atoms with Crippen LogP contribution in [0.3, 0.4) is 0 Å². The van der Waals surface area contributed by atoms with Crippen LogP contribution in [-0.2, 0) is 0 Å². The molecule has 0 aliphatic carbocycles. The lowest BCUT2D eigenvalue weighted by atomic mass is 10.1. The van der Waals surface area contributed by atoms with Gasteiger partial charge in [-0.3, -0.25) is 4.79 Å². The molecule has 0 saturated carbocycles. The van der Waals surface area contributed by atoms with E-state index in [1.54, 1.807) is 12.1 Å². The minimum Gasteiger partial charge on any atom is -0.288 e. The summed E-state index contributed by atoms with van der Waals surface area (Å²) in [7, 11) is 0. The molecule has 0 saturated heterocycles. The van der Waals surface area contributed by atoms with Crippen LogP contribution in [0.4, 0.5) is 4.39 Å². The van der Waals surface area contributed by atoms with E-state index in [4.69, 9.17) is 23.2 Å². The van der Waals surface area contributed by atoms with E-state index < -0.39 is 11.6 Å². The number of ketones is 1. The van der Waals surface area contributed by atoms with Gasteiger partial charge < -0.3 is 0 Å². The first kappa shape index (κ1) is 13.0. The molecule has 0 aliphatic rings. The van der Waals surface area contributed by atoms with Crippen LogP contribution in [0.5, 0.6) is 0 Å². The van der Waals surface area contributed by atoms with Gasteiger partial charge in [0.05, 0.1) is 19.8 Å². The average molecular weight is 354 g/mol. The molecule has 88 valence electrons. The van der Waals surface area contributed by atoms with Gasteiger partial charge in [0, 0.05) is 4.47 Å². The zero-order valence-corrected chi connectivity index (χ0v) is 12.1. The number of hydrogen-bond acceptors (Lipinski definition) is 2. The van der Waals surface area contributed by atoms with Gasteiger partial charge in [-0.1, -0.05) is 23.2 Å². The number of benzene rings is 1. The zero-order valence-electron chi connectivity index (χ0n) is 8.14. The highest BCUT2D eigenvalue weighted by molar-refractivity contribution is 9.10. The Balaban J connectivity index is 2.47. The average Bonchev–Trinajstić information content (AvgIpc) is 2.69. The Hall–Kier alpha value is -0.420. The number of carbonyl (C=O) groups excluding carboxylic acids is 1. The van der Waals surface area contributed by atoms with Crippen molar-refractivity contribution in [2.75, 3.05) is 0 Å². The molecule has 1 aromatic carbocycles. The third-order valence-electron chi connectivity index (χ3n) is 2.05. The van der Waals surface area contributed by atoms with Crippen LogP contribution in [0.15, 0.2) is 28.7 Å². The molecule has 0 N–H and O–H groups in total. The van der Waals surface area contributed by atoms with Crippen molar-refractivity contribution >= 4 is 56.3 Å². The van der Waals surface area contributed by atoms with Crippen LogP contribution in [0.2, 0.25) is 9.36 Å². The molecule has 0 fully saturated rings. The molecule has 1 aromatic heterocycles. The quantitative estimate of drug-likeness (QED) is 0.536. The van der Waals surface area contributed by atoms with Crippen molar-refractivity contribution in [2.24, 2.45) is 0 Å². The second-order valence-electron chi connectivity index (χ2n) is 3.18. The summed E-state index contributed by atoms with van der Waals surface area (Å²) in [5, 5.41) is 0.289. The first-order valence-corrected chi connectivity index (χ1v) is 6.80. The number of thiophene rings is 1. The molecule has 1 nitrogen and oxygen atoms in total. The van der Waals surface area contributed by atoms with E-state index in [9.17, 15) is 9.18 Å². The maximum atomic E-state index is 13.6. The molecule has 0 radical (unpaired) electrons. The zero-order chi connectivity index (χ0) is 12.6. The van der Waals surface area contributed by atoms with Crippen molar-refractivity contribution in [3.8, 4) is 0 Å². The summed E-state index contributed by atoms with van der Waals surface area (Å²) in [6.07, 6.45) is 0. The van der Waals surface area contributed by atoms with Gasteiger partial charge in [0.2, 0.25) is 5.78 Å². The van der Waals surface area contributed by atoms with E-state index in [-0.39, 0.29) is 10.6 Å². The van der Waals surface area contributed by atoms with Crippen LogP contribution >= 0.6 is 50.5 Å². The monoisotopic (exact) mass is 352 g/mol. The Bertz CT molecular complexity index is 597. The van der Waals surface area contributed by atoms with Gasteiger partial charge in [0.25, 0.3) is 0 Å². The van der Waals surface area contributed by atoms with Gasteiger partial charge in [-0.25, -0.2) is 4.39 Å². The molecule has 2 rings (SSSR count). The highest BCUT2D eigenvalue weighted by atomic mass is 79.9. The predicted molar refractivity (Wildman–Crippen MR) is 71.9 cm³/mol. The number of carbonyl (C=O) groups is 1. The summed E-state index contributed by atoms with van der Waals surface area (Å²) in [6.45, 7) is 0. The summed E-state index contributed by atoms with van der Waals surface area (Å²) >= 11 is 15.8. The standard InChI is InChI=1S/C11H4BrCl2FOS/c12-6-4-8(15)5(3-7(6)13)11(16)9-1-2-10(14)17-9/h1-4H. The fraction of sp³-hybridized carbons (Fsp3) is 0. The van der Waals surface area contributed by atoms with Gasteiger partial charge >= 0.3 is 0 Å². The highest BCUT2D eigenvalue weighted by Gasteiger charge is 2.17. The third kappa shape index (κ3) is 2.71. The molecule has 0 amide bonds. The van der Waals surface area contributed by atoms with Gasteiger partial charge in [-0.05, 0) is 40.2 Å². The van der Waals surface area contributed by atoms with E-state index >= 15 is 0 Å². The van der Waals surface area contributed by atoms with Gasteiger partial charge in [-0.15, -0.1) is 11.3 Å². The van der Waals surface area contributed by atoms with Crippen LogP contribution in [0.1, 0.15) is 15.2 Å². The maximum absolute atomic E-state index is 13.6.